The van der Waals surface area contributed by atoms with Crippen molar-refractivity contribution >= 4 is 105 Å². The Labute approximate surface area is 280 Å². The minimum atomic E-state index is -0.272. The van der Waals surface area contributed by atoms with E-state index in [1.807, 2.05) is 38.0 Å². The van der Waals surface area contributed by atoms with Crippen molar-refractivity contribution in [3.05, 3.63) is 9.81 Å². The molecule has 0 bridgehead atoms. The van der Waals surface area contributed by atoms with Crippen LogP contribution in [-0.4, -0.2) is 120 Å². The Morgan fingerprint density at radius 2 is 1.02 bits per heavy atom. The summed E-state index contributed by atoms with van der Waals surface area (Å²) >= 11 is 13.1. The first-order valence-corrected chi connectivity index (χ1v) is 15.9. The maximum absolute atomic E-state index is 13.1. The molecule has 0 saturated carbocycles. The van der Waals surface area contributed by atoms with Crippen LogP contribution in [0.4, 0.5) is 0 Å². The van der Waals surface area contributed by atoms with Crippen molar-refractivity contribution in [2.45, 2.75) is 51.4 Å². The summed E-state index contributed by atoms with van der Waals surface area (Å²) in [6.07, 6.45) is 4.92. The van der Waals surface area contributed by atoms with Crippen LogP contribution in [0, 0.1) is 0 Å². The van der Waals surface area contributed by atoms with Gasteiger partial charge in [0.15, 0.2) is 0 Å². The molecule has 0 radical (unpaired) electrons. The maximum atomic E-state index is 13.1. The number of carbonyl (C=O) groups is 4. The number of halogens is 2. The van der Waals surface area contributed by atoms with Gasteiger partial charge in [-0.25, -0.2) is 0 Å². The molecule has 0 aliphatic carbocycles. The van der Waals surface area contributed by atoms with Crippen LogP contribution in [0.5, 0.6) is 0 Å². The number of thioether (sulfide) groups is 2. The van der Waals surface area contributed by atoms with E-state index in [9.17, 15) is 19.2 Å². The van der Waals surface area contributed by atoms with Gasteiger partial charge in [0, 0.05) is 39.0 Å². The summed E-state index contributed by atoms with van der Waals surface area (Å²) in [4.78, 5) is 57.4. The Hall–Kier alpha value is -1.000. The molecular formula is C26H42Cl2N4O6S4. The van der Waals surface area contributed by atoms with Gasteiger partial charge in [0.2, 0.25) is 0 Å². The van der Waals surface area contributed by atoms with Gasteiger partial charge in [-0.1, -0.05) is 60.8 Å². The third-order valence-corrected chi connectivity index (χ3v) is 9.06. The number of esters is 2. The minimum Gasteiger partial charge on any atom is -0.464 e. The molecule has 2 fully saturated rings. The number of nitrogens with zero attached hydrogens (tertiary/aromatic N) is 4. The zero-order chi connectivity index (χ0) is 29.7. The second-order valence-electron chi connectivity index (χ2n) is 9.98. The third-order valence-electron chi connectivity index (χ3n) is 6.03. The van der Waals surface area contributed by atoms with Gasteiger partial charge in [-0.15, -0.1) is 24.8 Å². The van der Waals surface area contributed by atoms with E-state index in [-0.39, 0.29) is 48.6 Å². The largest absolute Gasteiger partial charge is 0.464 e. The number of ether oxygens (including phenoxy) is 2. The van der Waals surface area contributed by atoms with Crippen LogP contribution >= 0.6 is 72.8 Å². The highest BCUT2D eigenvalue weighted by molar-refractivity contribution is 8.29. The number of hydrogen-bond acceptors (Lipinski definition) is 12. The first-order chi connectivity index (χ1) is 19.0. The predicted octanol–water partition coefficient (Wildman–Crippen LogP) is 4.09. The molecule has 0 spiro atoms. The van der Waals surface area contributed by atoms with Gasteiger partial charge < -0.3 is 19.3 Å². The second-order valence-corrected chi connectivity index (χ2v) is 13.3. The first-order valence-electron chi connectivity index (χ1n) is 13.4. The molecule has 0 atom stereocenters. The molecule has 2 amide bonds. The zero-order valence-electron chi connectivity index (χ0n) is 24.6. The number of thiocarbonyl (C=S) groups is 2. The lowest BCUT2D eigenvalue weighted by atomic mass is 10.2. The van der Waals surface area contributed by atoms with Crippen molar-refractivity contribution in [3.8, 4) is 0 Å². The molecule has 0 N–H and O–H groups in total. The predicted molar refractivity (Wildman–Crippen MR) is 181 cm³/mol. The molecular weight excluding hydrogens is 663 g/mol. The van der Waals surface area contributed by atoms with Crippen LogP contribution in [0.25, 0.3) is 0 Å². The molecule has 240 valence electrons. The molecule has 0 aromatic rings. The number of unbranched alkanes of at least 4 members (excludes halogenated alkanes) is 4. The topological polar surface area (TPSA) is 99.7 Å². The molecule has 16 heteroatoms. The average Bonchev–Trinajstić information content (AvgIpc) is 3.32. The summed E-state index contributed by atoms with van der Waals surface area (Å²) in [6, 6.07) is 0. The van der Waals surface area contributed by atoms with Crippen LogP contribution in [0.15, 0.2) is 9.81 Å². The highest BCUT2D eigenvalue weighted by atomic mass is 35.5. The lowest BCUT2D eigenvalue weighted by Crippen LogP contribution is -2.31. The van der Waals surface area contributed by atoms with E-state index in [1.165, 1.54) is 9.80 Å². The Morgan fingerprint density at radius 3 is 1.36 bits per heavy atom. The smallest absolute Gasteiger partial charge is 0.305 e. The monoisotopic (exact) mass is 704 g/mol. The summed E-state index contributed by atoms with van der Waals surface area (Å²) in [6.45, 7) is 3.00. The Morgan fingerprint density at radius 1 is 0.667 bits per heavy atom. The van der Waals surface area contributed by atoms with Crippen molar-refractivity contribution in [2.24, 2.45) is 0 Å². The van der Waals surface area contributed by atoms with Gasteiger partial charge in [0.1, 0.15) is 21.9 Å². The van der Waals surface area contributed by atoms with Crippen LogP contribution in [0.3, 0.4) is 0 Å². The van der Waals surface area contributed by atoms with Crippen molar-refractivity contribution in [2.75, 3.05) is 67.6 Å². The molecule has 0 aromatic carbocycles. The van der Waals surface area contributed by atoms with Crippen molar-refractivity contribution in [1.29, 1.82) is 0 Å². The number of hydrogen-bond donors (Lipinski definition) is 0. The SMILES string of the molecule is CN(C)CCOC(=O)CCCCCN1C(=O)/C(=C2/SC(=S)N(CCCCCC(=O)OCCN(C)C)C2=O)SC1=S.Cl.Cl. The van der Waals surface area contributed by atoms with Gasteiger partial charge in [-0.05, 0) is 53.9 Å². The lowest BCUT2D eigenvalue weighted by molar-refractivity contribution is -0.145. The zero-order valence-corrected chi connectivity index (χ0v) is 29.5. The molecule has 0 aromatic heterocycles. The fourth-order valence-electron chi connectivity index (χ4n) is 3.72. The van der Waals surface area contributed by atoms with E-state index < -0.39 is 0 Å². The number of amides is 2. The standard InChI is InChI=1S/C26H40N4O6S4.2ClH/c1-27(2)15-17-35-19(31)11-7-5-9-13-29-23(33)21(39-25(29)37)22-24(34)30(26(38)40-22)14-10-6-8-12-20(32)36-18-16-28(3)4;;/h5-18H2,1-4H3;2*1H/b22-21-;;. The van der Waals surface area contributed by atoms with E-state index in [0.29, 0.717) is 96.4 Å². The van der Waals surface area contributed by atoms with Gasteiger partial charge in [-0.3, -0.25) is 29.0 Å². The van der Waals surface area contributed by atoms with E-state index in [4.69, 9.17) is 33.9 Å². The summed E-state index contributed by atoms with van der Waals surface area (Å²) < 4.78 is 11.2. The molecule has 2 aliphatic rings. The van der Waals surface area contributed by atoms with E-state index >= 15 is 0 Å². The Balaban J connectivity index is 0.00000840. The molecule has 10 nitrogen and oxygen atoms in total. The van der Waals surface area contributed by atoms with Crippen LogP contribution in [-0.2, 0) is 28.7 Å². The Bertz CT molecular complexity index is 924. The average molecular weight is 706 g/mol. The fourth-order valence-corrected chi connectivity index (χ4v) is 6.49. The van der Waals surface area contributed by atoms with Gasteiger partial charge in [-0.2, -0.15) is 0 Å². The summed E-state index contributed by atoms with van der Waals surface area (Å²) in [5.74, 6) is -0.974. The van der Waals surface area contributed by atoms with Crippen LogP contribution in [0.2, 0.25) is 0 Å². The molecule has 2 heterocycles. The normalized spacial score (nSPS) is 16.8. The molecule has 2 rings (SSSR count). The van der Waals surface area contributed by atoms with Crippen molar-refractivity contribution in [1.82, 2.24) is 19.6 Å². The summed E-state index contributed by atoms with van der Waals surface area (Å²) in [7, 11) is 7.68. The minimum absolute atomic E-state index is 0. The van der Waals surface area contributed by atoms with Crippen LogP contribution in [0.1, 0.15) is 51.4 Å². The number of carbonyl (C=O) groups excluding carboxylic acids is 4. The van der Waals surface area contributed by atoms with Gasteiger partial charge >= 0.3 is 11.9 Å². The van der Waals surface area contributed by atoms with E-state index in [0.717, 1.165) is 36.4 Å². The van der Waals surface area contributed by atoms with Crippen molar-refractivity contribution < 1.29 is 28.7 Å². The maximum Gasteiger partial charge on any atom is 0.305 e. The number of rotatable bonds is 18. The summed E-state index contributed by atoms with van der Waals surface area (Å²) in [5, 5.41) is 0. The second kappa shape index (κ2) is 21.7. The third kappa shape index (κ3) is 14.2. The highest BCUT2D eigenvalue weighted by Gasteiger charge is 2.41. The lowest BCUT2D eigenvalue weighted by Gasteiger charge is -2.14. The molecule has 2 aliphatic heterocycles. The van der Waals surface area contributed by atoms with E-state index in [1.54, 1.807) is 0 Å². The van der Waals surface area contributed by atoms with Gasteiger partial charge in [0.25, 0.3) is 11.8 Å². The molecule has 2 saturated heterocycles. The highest BCUT2D eigenvalue weighted by Crippen LogP contribution is 2.42. The van der Waals surface area contributed by atoms with Crippen molar-refractivity contribution in [3.63, 3.8) is 0 Å². The quantitative estimate of drug-likeness (QED) is 0.0890. The first kappa shape index (κ1) is 41.0. The molecule has 42 heavy (non-hydrogen) atoms. The van der Waals surface area contributed by atoms with E-state index in [2.05, 4.69) is 0 Å². The van der Waals surface area contributed by atoms with Gasteiger partial charge in [0.05, 0.1) is 9.81 Å². The van der Waals surface area contributed by atoms with Crippen LogP contribution < -0.4 is 0 Å². The Kier molecular flexibility index (Phi) is 21.1. The molecule has 0 unspecified atom stereocenters. The fraction of sp³-hybridized carbons (Fsp3) is 0.692. The number of likely N-dealkylation sites (N-methyl/N-ethyl adjacent to an activating group) is 2. The summed E-state index contributed by atoms with van der Waals surface area (Å²) in [5.41, 5.74) is 0.